The van der Waals surface area contributed by atoms with Crippen molar-refractivity contribution in [3.63, 3.8) is 0 Å². The van der Waals surface area contributed by atoms with Gasteiger partial charge in [0.05, 0.1) is 12.7 Å². The number of carbonyl (C=O) groups is 1. The fourth-order valence-corrected chi connectivity index (χ4v) is 1.19. The number of benzene rings is 1. The highest BCUT2D eigenvalue weighted by Gasteiger charge is 2.05. The molecule has 0 saturated carbocycles. The lowest BCUT2D eigenvalue weighted by molar-refractivity contribution is 0.0600. The van der Waals surface area contributed by atoms with Crippen molar-refractivity contribution in [2.75, 3.05) is 7.11 Å². The van der Waals surface area contributed by atoms with E-state index in [0.717, 1.165) is 5.56 Å². The van der Waals surface area contributed by atoms with Crippen LogP contribution < -0.4 is 0 Å². The Morgan fingerprint density at radius 1 is 1.38 bits per heavy atom. The monoisotopic (exact) mass is 196 g/mol. The van der Waals surface area contributed by atoms with E-state index in [1.807, 2.05) is 19.1 Å². The van der Waals surface area contributed by atoms with Crippen LogP contribution >= 0.6 is 12.6 Å². The summed E-state index contributed by atoms with van der Waals surface area (Å²) >= 11 is 4.28. The van der Waals surface area contributed by atoms with Gasteiger partial charge >= 0.3 is 5.97 Å². The van der Waals surface area contributed by atoms with Crippen molar-refractivity contribution >= 4 is 18.6 Å². The van der Waals surface area contributed by atoms with E-state index < -0.39 is 0 Å². The van der Waals surface area contributed by atoms with Crippen molar-refractivity contribution < 1.29 is 9.53 Å². The maximum atomic E-state index is 11.1. The van der Waals surface area contributed by atoms with Gasteiger partial charge < -0.3 is 4.74 Å². The minimum atomic E-state index is -0.307. The normalized spacial score (nSPS) is 12.2. The lowest BCUT2D eigenvalue weighted by Gasteiger charge is -2.04. The highest BCUT2D eigenvalue weighted by atomic mass is 32.1. The maximum Gasteiger partial charge on any atom is 0.337 e. The second-order valence-corrected chi connectivity index (χ2v) is 3.56. The van der Waals surface area contributed by atoms with Crippen LogP contribution in [-0.4, -0.2) is 13.1 Å². The van der Waals surface area contributed by atoms with Crippen LogP contribution in [0.3, 0.4) is 0 Å². The molecular weight excluding hydrogens is 184 g/mol. The van der Waals surface area contributed by atoms with Crippen LogP contribution in [0.1, 0.15) is 28.1 Å². The van der Waals surface area contributed by atoms with E-state index in [-0.39, 0.29) is 11.2 Å². The van der Waals surface area contributed by atoms with Gasteiger partial charge in [-0.2, -0.15) is 12.6 Å². The van der Waals surface area contributed by atoms with Crippen molar-refractivity contribution in [2.45, 2.75) is 12.2 Å². The third kappa shape index (κ3) is 2.49. The van der Waals surface area contributed by atoms with Crippen molar-refractivity contribution in [1.29, 1.82) is 0 Å². The van der Waals surface area contributed by atoms with Gasteiger partial charge in [-0.3, -0.25) is 0 Å². The molecule has 1 atom stereocenters. The molecule has 3 heteroatoms. The summed E-state index contributed by atoms with van der Waals surface area (Å²) in [6, 6.07) is 7.25. The van der Waals surface area contributed by atoms with Gasteiger partial charge in [-0.15, -0.1) is 0 Å². The number of ether oxygens (including phenoxy) is 1. The Kier molecular flexibility index (Phi) is 3.37. The molecule has 0 heterocycles. The number of hydrogen-bond donors (Lipinski definition) is 1. The van der Waals surface area contributed by atoms with Crippen LogP contribution in [0.25, 0.3) is 0 Å². The predicted octanol–water partition coefficient (Wildman–Crippen LogP) is 2.46. The standard InChI is InChI=1S/C10H12O2S/c1-7(13)8-3-5-9(6-4-8)10(11)12-2/h3-7,13H,1-2H3. The van der Waals surface area contributed by atoms with Crippen molar-refractivity contribution in [3.8, 4) is 0 Å². The number of thiol groups is 1. The largest absolute Gasteiger partial charge is 0.465 e. The molecule has 70 valence electrons. The molecule has 13 heavy (non-hydrogen) atoms. The minimum Gasteiger partial charge on any atom is -0.465 e. The first-order valence-electron chi connectivity index (χ1n) is 4.01. The maximum absolute atomic E-state index is 11.1. The first-order chi connectivity index (χ1) is 6.15. The third-order valence-corrected chi connectivity index (χ3v) is 2.11. The minimum absolute atomic E-state index is 0.187. The van der Waals surface area contributed by atoms with Gasteiger partial charge in [0.15, 0.2) is 0 Å². The zero-order valence-corrected chi connectivity index (χ0v) is 8.54. The van der Waals surface area contributed by atoms with Crippen LogP contribution in [0.4, 0.5) is 0 Å². The molecule has 0 spiro atoms. The SMILES string of the molecule is COC(=O)c1ccc(C(C)S)cc1. The van der Waals surface area contributed by atoms with Crippen molar-refractivity contribution in [1.82, 2.24) is 0 Å². The molecule has 0 aliphatic rings. The number of esters is 1. The summed E-state index contributed by atoms with van der Waals surface area (Å²) < 4.78 is 4.58. The van der Waals surface area contributed by atoms with Crippen molar-refractivity contribution in [2.24, 2.45) is 0 Å². The Balaban J connectivity index is 2.87. The highest BCUT2D eigenvalue weighted by molar-refractivity contribution is 7.80. The number of rotatable bonds is 2. The van der Waals surface area contributed by atoms with Crippen LogP contribution in [0.5, 0.6) is 0 Å². The molecule has 1 rings (SSSR count). The van der Waals surface area contributed by atoms with E-state index in [2.05, 4.69) is 17.4 Å². The van der Waals surface area contributed by atoms with Gasteiger partial charge in [0.1, 0.15) is 0 Å². The summed E-state index contributed by atoms with van der Waals surface area (Å²) in [7, 11) is 1.37. The molecule has 0 N–H and O–H groups in total. The average molecular weight is 196 g/mol. The Labute approximate surface area is 83.3 Å². The zero-order valence-electron chi connectivity index (χ0n) is 7.65. The molecule has 1 aromatic carbocycles. The van der Waals surface area contributed by atoms with E-state index >= 15 is 0 Å². The van der Waals surface area contributed by atoms with Crippen LogP contribution in [0.15, 0.2) is 24.3 Å². The van der Waals surface area contributed by atoms with Crippen LogP contribution in [-0.2, 0) is 4.74 Å². The van der Waals surface area contributed by atoms with Gasteiger partial charge in [0.2, 0.25) is 0 Å². The lowest BCUT2D eigenvalue weighted by Crippen LogP contribution is -2.00. The summed E-state index contributed by atoms with van der Waals surface area (Å²) in [4.78, 5) is 11.1. The van der Waals surface area contributed by atoms with E-state index in [9.17, 15) is 4.79 Å². The third-order valence-electron chi connectivity index (χ3n) is 1.81. The Morgan fingerprint density at radius 3 is 2.31 bits per heavy atom. The molecule has 1 unspecified atom stereocenters. The Hall–Kier alpha value is -0.960. The average Bonchev–Trinajstić information content (AvgIpc) is 2.17. The number of methoxy groups -OCH3 is 1. The summed E-state index contributed by atoms with van der Waals surface area (Å²) in [5.41, 5.74) is 1.66. The second-order valence-electron chi connectivity index (χ2n) is 2.79. The second kappa shape index (κ2) is 4.33. The quantitative estimate of drug-likeness (QED) is 0.581. The van der Waals surface area contributed by atoms with Gasteiger partial charge in [-0.1, -0.05) is 12.1 Å². The van der Waals surface area contributed by atoms with Crippen molar-refractivity contribution in [3.05, 3.63) is 35.4 Å². The van der Waals surface area contributed by atoms with Gasteiger partial charge in [0, 0.05) is 5.25 Å². The fourth-order valence-electron chi connectivity index (χ4n) is 1.02. The molecule has 1 aromatic rings. The Morgan fingerprint density at radius 2 is 1.92 bits per heavy atom. The molecule has 0 radical (unpaired) electrons. The molecule has 0 aliphatic heterocycles. The van der Waals surface area contributed by atoms with Gasteiger partial charge in [0.25, 0.3) is 0 Å². The first-order valence-corrected chi connectivity index (χ1v) is 4.53. The topological polar surface area (TPSA) is 26.3 Å². The van der Waals surface area contributed by atoms with E-state index in [4.69, 9.17) is 0 Å². The smallest absolute Gasteiger partial charge is 0.337 e. The zero-order chi connectivity index (χ0) is 9.84. The predicted molar refractivity (Wildman–Crippen MR) is 55.2 cm³/mol. The van der Waals surface area contributed by atoms with Gasteiger partial charge in [-0.25, -0.2) is 4.79 Å². The lowest BCUT2D eigenvalue weighted by atomic mass is 10.1. The van der Waals surface area contributed by atoms with Gasteiger partial charge in [-0.05, 0) is 24.6 Å². The summed E-state index contributed by atoms with van der Waals surface area (Å²) in [6.45, 7) is 1.98. The number of carbonyl (C=O) groups excluding carboxylic acids is 1. The van der Waals surface area contributed by atoms with Crippen LogP contribution in [0.2, 0.25) is 0 Å². The first kappa shape index (κ1) is 10.1. The highest BCUT2D eigenvalue weighted by Crippen LogP contribution is 2.18. The van der Waals surface area contributed by atoms with E-state index in [1.54, 1.807) is 12.1 Å². The molecule has 0 aromatic heterocycles. The van der Waals surface area contributed by atoms with E-state index in [0.29, 0.717) is 5.56 Å². The molecule has 2 nitrogen and oxygen atoms in total. The molecule has 0 saturated heterocycles. The Bertz CT molecular complexity index is 290. The van der Waals surface area contributed by atoms with Crippen LogP contribution in [0, 0.1) is 0 Å². The molecule has 0 aliphatic carbocycles. The summed E-state index contributed by atoms with van der Waals surface area (Å²) in [5, 5.41) is 0.187. The number of hydrogen-bond acceptors (Lipinski definition) is 3. The molecule has 0 fully saturated rings. The molecule has 0 amide bonds. The van der Waals surface area contributed by atoms with E-state index in [1.165, 1.54) is 7.11 Å². The molecular formula is C10H12O2S. The summed E-state index contributed by atoms with van der Waals surface area (Å²) in [5.74, 6) is -0.307. The summed E-state index contributed by atoms with van der Waals surface area (Å²) in [6.07, 6.45) is 0. The fraction of sp³-hybridized carbons (Fsp3) is 0.300. The molecule has 0 bridgehead atoms.